The summed E-state index contributed by atoms with van der Waals surface area (Å²) in [6, 6.07) is 5.69. The standard InChI is InChI=1S/C39H55ClN2O3.C2H4/c1-11-31(12-2)34-22-33(34)27(7)32-15-13-14-26(6)42-36(20-30-16-17-38(44-10)35(40)19-30)28(8)41-23-25(5)29(9)45-39(18-24(3)4)37(43)21-32;1-2/h11-14,16-17,19,24-25,27,32-34,36,39,41-42H,1,6,8-9,15,18,20-23H2,2-5,7,10H3;1-2H2/b14-13+,31-12+;/t25?,27?,32-,33?,34+,36-,39?;/m1./s1. The van der Waals surface area contributed by atoms with Crippen molar-refractivity contribution in [2.75, 3.05) is 13.7 Å². The highest BCUT2D eigenvalue weighted by Gasteiger charge is 2.45. The molecule has 6 heteroatoms. The Morgan fingerprint density at radius 1 is 1.19 bits per heavy atom. The second-order valence-corrected chi connectivity index (χ2v) is 13.7. The van der Waals surface area contributed by atoms with Crippen molar-refractivity contribution in [1.29, 1.82) is 0 Å². The number of ketones is 1. The summed E-state index contributed by atoms with van der Waals surface area (Å²) >= 11 is 6.45. The van der Waals surface area contributed by atoms with Gasteiger partial charge in [0.05, 0.1) is 23.9 Å². The maximum atomic E-state index is 13.9. The molecule has 1 fully saturated rings. The van der Waals surface area contributed by atoms with Gasteiger partial charge >= 0.3 is 0 Å². The number of carbonyl (C=O) groups is 1. The minimum atomic E-state index is -0.506. The molecular formula is C41H59ClN2O3. The lowest BCUT2D eigenvalue weighted by Crippen LogP contribution is -2.39. The number of halogens is 1. The van der Waals surface area contributed by atoms with Crippen LogP contribution < -0.4 is 15.4 Å². The van der Waals surface area contributed by atoms with E-state index in [2.05, 4.69) is 96.9 Å². The molecule has 1 saturated carbocycles. The van der Waals surface area contributed by atoms with Gasteiger partial charge in [0.1, 0.15) is 5.75 Å². The smallest absolute Gasteiger partial charge is 0.173 e. The molecule has 1 aliphatic carbocycles. The van der Waals surface area contributed by atoms with E-state index in [1.54, 1.807) is 7.11 Å². The Morgan fingerprint density at radius 2 is 1.89 bits per heavy atom. The molecule has 258 valence electrons. The summed E-state index contributed by atoms with van der Waals surface area (Å²) in [4.78, 5) is 13.9. The van der Waals surface area contributed by atoms with Crippen molar-refractivity contribution < 1.29 is 14.3 Å². The Bertz CT molecular complexity index is 1310. The normalized spacial score (nSPS) is 27.4. The molecule has 5 nitrogen and oxygen atoms in total. The Kier molecular flexibility index (Phi) is 16.4. The van der Waals surface area contributed by atoms with Crippen molar-refractivity contribution in [2.24, 2.45) is 35.5 Å². The third-order valence-corrected chi connectivity index (χ3v) is 9.73. The van der Waals surface area contributed by atoms with Gasteiger partial charge in [-0.15, -0.1) is 13.2 Å². The number of rotatable bonds is 9. The molecule has 7 atom stereocenters. The van der Waals surface area contributed by atoms with E-state index in [1.807, 2.05) is 30.4 Å². The summed E-state index contributed by atoms with van der Waals surface area (Å²) in [6.45, 7) is 34.3. The van der Waals surface area contributed by atoms with Crippen LogP contribution in [0.1, 0.15) is 65.9 Å². The molecule has 1 aliphatic heterocycles. The minimum absolute atomic E-state index is 0.0311. The first-order valence-electron chi connectivity index (χ1n) is 16.9. The number of benzene rings is 1. The van der Waals surface area contributed by atoms with Gasteiger partial charge in [-0.05, 0) is 91.5 Å². The fraction of sp³-hybridized carbons (Fsp3) is 0.488. The highest BCUT2D eigenvalue weighted by Crippen LogP contribution is 2.52. The first-order valence-corrected chi connectivity index (χ1v) is 17.3. The third-order valence-electron chi connectivity index (χ3n) is 9.44. The SMILES string of the molecule is C=C.C=C/C(=C\C)[C@@H]1CC1C(C)[C@@H]1C/C=C/C(=C)N[C@H](Cc2ccc(OC)c(Cl)c2)C(=C)NCC(C)C(=C)OC(CC(C)C)C(=O)C1. The second-order valence-electron chi connectivity index (χ2n) is 13.3. The summed E-state index contributed by atoms with van der Waals surface area (Å²) < 4.78 is 11.7. The molecular weight excluding hydrogens is 604 g/mol. The van der Waals surface area contributed by atoms with Crippen molar-refractivity contribution in [2.45, 2.75) is 78.9 Å². The monoisotopic (exact) mass is 662 g/mol. The van der Waals surface area contributed by atoms with Crippen molar-refractivity contribution >= 4 is 17.4 Å². The van der Waals surface area contributed by atoms with Crippen LogP contribution in [0.15, 0.2) is 105 Å². The van der Waals surface area contributed by atoms with Crippen LogP contribution in [0.3, 0.4) is 0 Å². The molecule has 1 aromatic rings. The molecule has 47 heavy (non-hydrogen) atoms. The maximum absolute atomic E-state index is 13.9. The van der Waals surface area contributed by atoms with E-state index in [-0.39, 0.29) is 23.7 Å². The molecule has 1 heterocycles. The Labute approximate surface area is 290 Å². The summed E-state index contributed by atoms with van der Waals surface area (Å²) in [5.74, 6) is 3.33. The number of methoxy groups -OCH3 is 1. The van der Waals surface area contributed by atoms with Crippen LogP contribution in [-0.2, 0) is 16.0 Å². The minimum Gasteiger partial charge on any atom is -0.495 e. The van der Waals surface area contributed by atoms with Crippen LogP contribution in [-0.4, -0.2) is 31.6 Å². The molecule has 0 spiro atoms. The quantitative estimate of drug-likeness (QED) is 0.204. The second kappa shape index (κ2) is 19.4. The lowest BCUT2D eigenvalue weighted by molar-refractivity contribution is -0.131. The molecule has 0 amide bonds. The summed E-state index contributed by atoms with van der Waals surface area (Å²) in [5.41, 5.74) is 3.98. The number of allylic oxidation sites excluding steroid dienone is 5. The average molecular weight is 663 g/mol. The van der Waals surface area contributed by atoms with Gasteiger partial charge in [0.25, 0.3) is 0 Å². The van der Waals surface area contributed by atoms with E-state index in [9.17, 15) is 4.79 Å². The maximum Gasteiger partial charge on any atom is 0.173 e. The molecule has 3 rings (SSSR count). The number of hydrogen-bond acceptors (Lipinski definition) is 5. The molecule has 1 aromatic carbocycles. The van der Waals surface area contributed by atoms with E-state index < -0.39 is 6.10 Å². The number of Topliss-reactive ketones (excluding diaryl/α,β-unsaturated/α-hetero) is 1. The zero-order valence-electron chi connectivity index (χ0n) is 29.7. The van der Waals surface area contributed by atoms with E-state index in [0.717, 1.165) is 29.8 Å². The highest BCUT2D eigenvalue weighted by molar-refractivity contribution is 6.32. The van der Waals surface area contributed by atoms with Crippen LogP contribution in [0.25, 0.3) is 0 Å². The molecule has 4 unspecified atom stereocenters. The summed E-state index contributed by atoms with van der Waals surface area (Å²) in [7, 11) is 1.61. The number of nitrogens with one attached hydrogen (secondary N) is 2. The molecule has 2 aliphatic rings. The fourth-order valence-corrected chi connectivity index (χ4v) is 6.65. The Morgan fingerprint density at radius 3 is 2.49 bits per heavy atom. The zero-order valence-corrected chi connectivity index (χ0v) is 30.5. The van der Waals surface area contributed by atoms with Crippen molar-refractivity contribution in [1.82, 2.24) is 10.6 Å². The van der Waals surface area contributed by atoms with Crippen molar-refractivity contribution in [3.05, 3.63) is 115 Å². The molecule has 0 aromatic heterocycles. The lowest BCUT2D eigenvalue weighted by atomic mass is 9.81. The molecule has 0 saturated heterocycles. The van der Waals surface area contributed by atoms with Gasteiger partial charge in [0, 0.05) is 30.3 Å². The molecule has 2 N–H and O–H groups in total. The Balaban J connectivity index is 0.00000376. The predicted molar refractivity (Wildman–Crippen MR) is 200 cm³/mol. The van der Waals surface area contributed by atoms with E-state index in [1.165, 1.54) is 5.57 Å². The van der Waals surface area contributed by atoms with E-state index in [4.69, 9.17) is 21.1 Å². The fourth-order valence-electron chi connectivity index (χ4n) is 6.37. The molecule has 0 radical (unpaired) electrons. The summed E-state index contributed by atoms with van der Waals surface area (Å²) in [6.07, 6.45) is 11.6. The van der Waals surface area contributed by atoms with Crippen LogP contribution in [0, 0.1) is 35.5 Å². The van der Waals surface area contributed by atoms with Crippen molar-refractivity contribution in [3.63, 3.8) is 0 Å². The van der Waals surface area contributed by atoms with Gasteiger partial charge in [-0.2, -0.15) is 0 Å². The lowest BCUT2D eigenvalue weighted by Gasteiger charge is -2.29. The van der Waals surface area contributed by atoms with Gasteiger partial charge in [0.15, 0.2) is 11.9 Å². The highest BCUT2D eigenvalue weighted by atomic mass is 35.5. The third kappa shape index (κ3) is 11.9. The zero-order chi connectivity index (χ0) is 35.3. The van der Waals surface area contributed by atoms with E-state index in [0.29, 0.717) is 66.0 Å². The predicted octanol–water partition coefficient (Wildman–Crippen LogP) is 9.79. The van der Waals surface area contributed by atoms with Gasteiger partial charge < -0.3 is 20.1 Å². The first kappa shape index (κ1) is 39.7. The van der Waals surface area contributed by atoms with Crippen LogP contribution in [0.5, 0.6) is 5.75 Å². The van der Waals surface area contributed by atoms with Gasteiger partial charge in [0.2, 0.25) is 0 Å². The molecule has 0 bridgehead atoms. The van der Waals surface area contributed by atoms with Gasteiger partial charge in [-0.3, -0.25) is 4.79 Å². The van der Waals surface area contributed by atoms with Gasteiger partial charge in [-0.1, -0.05) is 89.9 Å². The topological polar surface area (TPSA) is 59.6 Å². The van der Waals surface area contributed by atoms with Gasteiger partial charge in [-0.25, -0.2) is 0 Å². The number of hydrogen-bond donors (Lipinski definition) is 2. The number of carbonyl (C=O) groups excluding carboxylic acids is 1. The van der Waals surface area contributed by atoms with Crippen LogP contribution in [0.4, 0.5) is 0 Å². The largest absolute Gasteiger partial charge is 0.495 e. The first-order chi connectivity index (χ1) is 22.4. The van der Waals surface area contributed by atoms with Crippen LogP contribution in [0.2, 0.25) is 5.02 Å². The van der Waals surface area contributed by atoms with Crippen LogP contribution >= 0.6 is 11.6 Å². The van der Waals surface area contributed by atoms with E-state index >= 15 is 0 Å². The number of ether oxygens (including phenoxy) is 2. The average Bonchev–Trinajstić information content (AvgIpc) is 3.83. The summed E-state index contributed by atoms with van der Waals surface area (Å²) in [5, 5.41) is 7.62. The van der Waals surface area contributed by atoms with Crippen molar-refractivity contribution in [3.8, 4) is 5.75 Å². The Hall–Kier alpha value is -3.44.